The highest BCUT2D eigenvalue weighted by Crippen LogP contribution is 2.10. The molecule has 0 aliphatic heterocycles. The maximum atomic E-state index is 10.5. The SMILES string of the molecule is CC(=O)OCc1ccc(COC(N)=O)o1.CCC. The molecule has 0 atom stereocenters. The molecule has 0 unspecified atom stereocenters. The highest BCUT2D eigenvalue weighted by molar-refractivity contribution is 5.65. The van der Waals surface area contributed by atoms with E-state index in [2.05, 4.69) is 18.6 Å². The van der Waals surface area contributed by atoms with Crippen LogP contribution in [0, 0.1) is 0 Å². The minimum Gasteiger partial charge on any atom is -0.459 e. The smallest absolute Gasteiger partial charge is 0.404 e. The molecule has 0 saturated heterocycles. The highest BCUT2D eigenvalue weighted by Gasteiger charge is 2.05. The van der Waals surface area contributed by atoms with Gasteiger partial charge in [-0.1, -0.05) is 20.3 Å². The lowest BCUT2D eigenvalue weighted by molar-refractivity contribution is -0.142. The Hall–Kier alpha value is -1.98. The van der Waals surface area contributed by atoms with E-state index in [4.69, 9.17) is 14.9 Å². The zero-order chi connectivity index (χ0) is 14.0. The molecule has 0 radical (unpaired) electrons. The summed E-state index contributed by atoms with van der Waals surface area (Å²) >= 11 is 0. The van der Waals surface area contributed by atoms with Crippen molar-refractivity contribution in [2.75, 3.05) is 0 Å². The van der Waals surface area contributed by atoms with Crippen molar-refractivity contribution in [2.45, 2.75) is 40.4 Å². The molecule has 1 aromatic rings. The monoisotopic (exact) mass is 257 g/mol. The standard InChI is InChI=1S/C9H11NO5.C3H8/c1-6(11)13-4-7-2-3-8(15-7)5-14-9(10)12;1-3-2/h2-3H,4-5H2,1H3,(H2,10,12);3H2,1-2H3. The van der Waals surface area contributed by atoms with Gasteiger partial charge in [0.1, 0.15) is 18.1 Å². The van der Waals surface area contributed by atoms with Gasteiger partial charge in [0.05, 0.1) is 0 Å². The van der Waals surface area contributed by atoms with Crippen LogP contribution in [0.2, 0.25) is 0 Å². The molecular weight excluding hydrogens is 238 g/mol. The topological polar surface area (TPSA) is 91.8 Å². The van der Waals surface area contributed by atoms with Crippen molar-refractivity contribution in [3.05, 3.63) is 23.7 Å². The summed E-state index contributed by atoms with van der Waals surface area (Å²) in [7, 11) is 0. The first-order valence-corrected chi connectivity index (χ1v) is 5.62. The maximum Gasteiger partial charge on any atom is 0.404 e. The van der Waals surface area contributed by atoms with Crippen LogP contribution in [0.4, 0.5) is 4.79 Å². The van der Waals surface area contributed by atoms with Gasteiger partial charge in [0.15, 0.2) is 6.61 Å². The summed E-state index contributed by atoms with van der Waals surface area (Å²) in [5.41, 5.74) is 4.77. The van der Waals surface area contributed by atoms with Gasteiger partial charge >= 0.3 is 12.1 Å². The Balaban J connectivity index is 0.000000873. The number of carbonyl (C=O) groups is 2. The average molecular weight is 257 g/mol. The van der Waals surface area contributed by atoms with Crippen molar-refractivity contribution < 1.29 is 23.5 Å². The van der Waals surface area contributed by atoms with Gasteiger partial charge in [-0.15, -0.1) is 0 Å². The van der Waals surface area contributed by atoms with Crippen molar-refractivity contribution >= 4 is 12.1 Å². The average Bonchev–Trinajstić information content (AvgIpc) is 2.72. The van der Waals surface area contributed by atoms with Crippen molar-refractivity contribution in [2.24, 2.45) is 5.73 Å². The zero-order valence-corrected chi connectivity index (χ0v) is 10.9. The van der Waals surface area contributed by atoms with E-state index in [0.29, 0.717) is 11.5 Å². The number of esters is 1. The molecule has 0 aromatic carbocycles. The Morgan fingerprint density at radius 2 is 1.61 bits per heavy atom. The summed E-state index contributed by atoms with van der Waals surface area (Å²) in [6, 6.07) is 3.24. The third kappa shape index (κ3) is 8.20. The number of rotatable bonds is 4. The molecule has 0 spiro atoms. The zero-order valence-electron chi connectivity index (χ0n) is 10.9. The Morgan fingerprint density at radius 1 is 1.17 bits per heavy atom. The lowest BCUT2D eigenvalue weighted by Crippen LogP contribution is -2.12. The Kier molecular flexibility index (Phi) is 8.09. The quantitative estimate of drug-likeness (QED) is 0.836. The molecular formula is C12H19NO5. The number of hydrogen-bond donors (Lipinski definition) is 1. The molecule has 0 saturated carbocycles. The molecule has 1 heterocycles. The lowest BCUT2D eigenvalue weighted by atomic mass is 10.4. The van der Waals surface area contributed by atoms with E-state index in [1.165, 1.54) is 13.3 Å². The maximum absolute atomic E-state index is 10.5. The molecule has 0 aliphatic rings. The van der Waals surface area contributed by atoms with Gasteiger partial charge < -0.3 is 19.6 Å². The van der Waals surface area contributed by atoms with Gasteiger partial charge in [-0.25, -0.2) is 4.79 Å². The summed E-state index contributed by atoms with van der Waals surface area (Å²) in [6.45, 7) is 5.58. The molecule has 0 aliphatic carbocycles. The predicted octanol–water partition coefficient (Wildman–Crippen LogP) is 2.35. The first-order chi connectivity index (χ1) is 8.49. The Bertz CT molecular complexity index is 340. The number of ether oxygens (including phenoxy) is 2. The molecule has 6 nitrogen and oxygen atoms in total. The van der Waals surface area contributed by atoms with E-state index in [-0.39, 0.29) is 19.2 Å². The predicted molar refractivity (Wildman–Crippen MR) is 64.5 cm³/mol. The molecule has 102 valence electrons. The third-order valence-corrected chi connectivity index (χ3v) is 1.49. The third-order valence-electron chi connectivity index (χ3n) is 1.49. The van der Waals surface area contributed by atoms with E-state index >= 15 is 0 Å². The van der Waals surface area contributed by atoms with Crippen molar-refractivity contribution in [1.82, 2.24) is 0 Å². The van der Waals surface area contributed by atoms with Crippen LogP contribution < -0.4 is 5.73 Å². The Labute approximate surface area is 106 Å². The van der Waals surface area contributed by atoms with Gasteiger partial charge in [-0.05, 0) is 12.1 Å². The van der Waals surface area contributed by atoms with Crippen LogP contribution in [0.1, 0.15) is 38.7 Å². The highest BCUT2D eigenvalue weighted by atomic mass is 16.6. The normalized spacial score (nSPS) is 9.06. The molecule has 0 fully saturated rings. The lowest BCUT2D eigenvalue weighted by Gasteiger charge is -1.98. The van der Waals surface area contributed by atoms with Gasteiger partial charge in [-0.3, -0.25) is 4.79 Å². The number of furan rings is 1. The minimum absolute atomic E-state index is 0.0323. The van der Waals surface area contributed by atoms with Crippen LogP contribution in [0.5, 0.6) is 0 Å². The van der Waals surface area contributed by atoms with Crippen molar-refractivity contribution in [3.63, 3.8) is 0 Å². The molecule has 6 heteroatoms. The number of nitrogens with two attached hydrogens (primary N) is 1. The van der Waals surface area contributed by atoms with Crippen molar-refractivity contribution in [1.29, 1.82) is 0 Å². The fourth-order valence-electron chi connectivity index (χ4n) is 0.892. The van der Waals surface area contributed by atoms with E-state index in [9.17, 15) is 9.59 Å². The van der Waals surface area contributed by atoms with Crippen LogP contribution in [-0.2, 0) is 27.5 Å². The van der Waals surface area contributed by atoms with E-state index in [1.807, 2.05) is 0 Å². The van der Waals surface area contributed by atoms with Crippen LogP contribution >= 0.6 is 0 Å². The van der Waals surface area contributed by atoms with Gasteiger partial charge in [0, 0.05) is 6.92 Å². The van der Waals surface area contributed by atoms with Gasteiger partial charge in [-0.2, -0.15) is 0 Å². The Morgan fingerprint density at radius 3 is 2.00 bits per heavy atom. The molecule has 2 N–H and O–H groups in total. The molecule has 1 aromatic heterocycles. The number of amides is 1. The number of hydrogen-bond acceptors (Lipinski definition) is 5. The van der Waals surface area contributed by atoms with E-state index in [1.54, 1.807) is 12.1 Å². The number of primary amides is 1. The van der Waals surface area contributed by atoms with Gasteiger partial charge in [0.2, 0.25) is 0 Å². The summed E-state index contributed by atoms with van der Waals surface area (Å²) in [5.74, 6) is 0.533. The van der Waals surface area contributed by atoms with Gasteiger partial charge in [0.25, 0.3) is 0 Å². The first kappa shape index (κ1) is 16.0. The molecule has 18 heavy (non-hydrogen) atoms. The molecule has 1 rings (SSSR count). The first-order valence-electron chi connectivity index (χ1n) is 5.62. The van der Waals surface area contributed by atoms with E-state index in [0.717, 1.165) is 0 Å². The second kappa shape index (κ2) is 9.09. The fraction of sp³-hybridized carbons (Fsp3) is 0.500. The molecule has 1 amide bonds. The minimum atomic E-state index is -0.868. The van der Waals surface area contributed by atoms with Crippen LogP contribution in [0.15, 0.2) is 16.5 Å². The fourth-order valence-corrected chi connectivity index (χ4v) is 0.892. The second-order valence-electron chi connectivity index (χ2n) is 3.46. The summed E-state index contributed by atoms with van der Waals surface area (Å²) < 4.78 is 14.4. The number of carbonyl (C=O) groups excluding carboxylic acids is 2. The largest absolute Gasteiger partial charge is 0.459 e. The summed E-state index contributed by atoms with van der Waals surface area (Å²) in [6.07, 6.45) is 0.382. The van der Waals surface area contributed by atoms with Crippen molar-refractivity contribution in [3.8, 4) is 0 Å². The second-order valence-corrected chi connectivity index (χ2v) is 3.46. The van der Waals surface area contributed by atoms with E-state index < -0.39 is 6.09 Å². The van der Waals surface area contributed by atoms with Crippen LogP contribution in [0.25, 0.3) is 0 Å². The summed E-state index contributed by atoms with van der Waals surface area (Å²) in [4.78, 5) is 20.8. The molecule has 0 bridgehead atoms. The summed E-state index contributed by atoms with van der Waals surface area (Å²) in [5, 5.41) is 0. The van der Waals surface area contributed by atoms with Crippen LogP contribution in [0.3, 0.4) is 0 Å². The van der Waals surface area contributed by atoms with Crippen LogP contribution in [-0.4, -0.2) is 12.1 Å².